The van der Waals surface area contributed by atoms with Crippen molar-refractivity contribution in [3.8, 4) is 0 Å². The minimum atomic E-state index is -3.90. The van der Waals surface area contributed by atoms with Gasteiger partial charge in [0.25, 0.3) is 0 Å². The Morgan fingerprint density at radius 3 is 2.14 bits per heavy atom. The van der Waals surface area contributed by atoms with E-state index in [-0.39, 0.29) is 28.9 Å². The molecule has 3 aliphatic carbocycles. The normalized spacial score (nSPS) is 18.8. The number of sulfonamides is 2. The smallest absolute Gasteiger partial charge is 0.207 e. The predicted molar refractivity (Wildman–Crippen MR) is 180 cm³/mol. The average Bonchev–Trinajstić information content (AvgIpc) is 3.54. The molecule has 6 nitrogen and oxygen atoms in total. The summed E-state index contributed by atoms with van der Waals surface area (Å²) in [4.78, 5) is 0.202. The third kappa shape index (κ3) is 8.24. The van der Waals surface area contributed by atoms with Crippen LogP contribution in [0.25, 0.3) is 0 Å². The molecule has 0 aromatic heterocycles. The van der Waals surface area contributed by atoms with Crippen molar-refractivity contribution in [1.29, 1.82) is 0 Å². The molecule has 236 valence electrons. The fourth-order valence-electron chi connectivity index (χ4n) is 6.35. The van der Waals surface area contributed by atoms with E-state index in [1.54, 1.807) is 14.7 Å². The van der Waals surface area contributed by atoms with E-state index in [1.165, 1.54) is 30.7 Å². The van der Waals surface area contributed by atoms with Gasteiger partial charge in [-0.1, -0.05) is 90.0 Å². The minimum Gasteiger partial charge on any atom is -0.207 e. The summed E-state index contributed by atoms with van der Waals surface area (Å²) in [6.45, 7) is 0.907. The second-order valence-electron chi connectivity index (χ2n) is 11.9. The van der Waals surface area contributed by atoms with Crippen molar-refractivity contribution in [3.63, 3.8) is 0 Å². The fraction of sp³-hybridized carbons (Fsp3) is 0.441. The Morgan fingerprint density at radius 1 is 0.818 bits per heavy atom. The van der Waals surface area contributed by atoms with Crippen molar-refractivity contribution in [1.82, 2.24) is 8.61 Å². The van der Waals surface area contributed by atoms with Gasteiger partial charge in [0.1, 0.15) is 0 Å². The van der Waals surface area contributed by atoms with E-state index in [0.717, 1.165) is 67.0 Å². The van der Waals surface area contributed by atoms with Gasteiger partial charge in [-0.15, -0.1) is 5.73 Å². The molecule has 0 aliphatic heterocycles. The van der Waals surface area contributed by atoms with E-state index >= 15 is 0 Å². The second kappa shape index (κ2) is 15.1. The summed E-state index contributed by atoms with van der Waals surface area (Å²) in [6, 6.07) is 13.4. The van der Waals surface area contributed by atoms with Gasteiger partial charge < -0.3 is 0 Å². The molecule has 2 aromatic carbocycles. The van der Waals surface area contributed by atoms with E-state index < -0.39 is 20.0 Å². The van der Waals surface area contributed by atoms with Crippen LogP contribution in [0.2, 0.25) is 0 Å². The molecule has 2 aromatic rings. The highest BCUT2D eigenvalue weighted by Gasteiger charge is 2.34. The Kier molecular flexibility index (Phi) is 11.4. The van der Waals surface area contributed by atoms with Crippen molar-refractivity contribution in [2.24, 2.45) is 5.92 Å². The quantitative estimate of drug-likeness (QED) is 0.219. The van der Waals surface area contributed by atoms with Crippen molar-refractivity contribution in [2.75, 3.05) is 13.1 Å². The highest BCUT2D eigenvalue weighted by Crippen LogP contribution is 2.32. The lowest BCUT2D eigenvalue weighted by atomic mass is 9.89. The number of rotatable bonds is 11. The summed E-state index contributed by atoms with van der Waals surface area (Å²) in [7, 11) is -7.78. The summed E-state index contributed by atoms with van der Waals surface area (Å²) in [5.41, 5.74) is 4.74. The van der Waals surface area contributed by atoms with Crippen molar-refractivity contribution >= 4 is 47.6 Å². The van der Waals surface area contributed by atoms with Crippen LogP contribution in [0.1, 0.15) is 69.8 Å². The van der Waals surface area contributed by atoms with Gasteiger partial charge in [-0.05, 0) is 85.2 Å². The van der Waals surface area contributed by atoms with E-state index in [1.807, 2.05) is 42.5 Å². The number of halogens is 2. The lowest BCUT2D eigenvalue weighted by molar-refractivity contribution is 0.275. The number of hydrogen-bond donors (Lipinski definition) is 0. The van der Waals surface area contributed by atoms with Crippen LogP contribution in [-0.2, 0) is 26.6 Å². The van der Waals surface area contributed by atoms with Gasteiger partial charge in [-0.2, -0.15) is 8.61 Å². The summed E-state index contributed by atoms with van der Waals surface area (Å²) in [5.74, 6) is 0.304. The Hall–Kier alpha value is -1.97. The van der Waals surface area contributed by atoms with Crippen molar-refractivity contribution < 1.29 is 16.8 Å². The number of hydrogen-bond acceptors (Lipinski definition) is 4. The molecule has 5 rings (SSSR count). The third-order valence-electron chi connectivity index (χ3n) is 8.80. The zero-order valence-corrected chi connectivity index (χ0v) is 28.9. The first kappa shape index (κ1) is 33.4. The molecule has 0 amide bonds. The topological polar surface area (TPSA) is 74.8 Å². The number of allylic oxidation sites excluding steroid dienone is 3. The van der Waals surface area contributed by atoms with Gasteiger partial charge in [0, 0.05) is 36.6 Å². The van der Waals surface area contributed by atoms with Crippen LogP contribution < -0.4 is 0 Å². The lowest BCUT2D eigenvalue weighted by Crippen LogP contribution is -2.40. The maximum absolute atomic E-state index is 14.1. The molecule has 0 saturated heterocycles. The molecule has 3 aliphatic rings. The first-order valence-corrected chi connectivity index (χ1v) is 19.5. The molecular formula is C34H40BrClN2O4S2. The highest BCUT2D eigenvalue weighted by atomic mass is 79.9. The number of benzene rings is 2. The van der Waals surface area contributed by atoms with E-state index in [2.05, 4.69) is 21.7 Å². The van der Waals surface area contributed by atoms with Crippen LogP contribution in [0.15, 0.2) is 103 Å². The SMILES string of the molecule is O=S(=O)(c1ccc(S(=O)(=O)N(CC2=CC=C=C(Cl)CC=C2)C2CCCC2)cc1)N(Cc1ccccc1Br)CC1CCCCC1. The number of nitrogens with zero attached hydrogens (tertiary/aromatic N) is 2. The first-order valence-electron chi connectivity index (χ1n) is 15.5. The molecule has 0 N–H and O–H groups in total. The van der Waals surface area contributed by atoms with E-state index in [4.69, 9.17) is 11.6 Å². The van der Waals surface area contributed by atoms with Gasteiger partial charge in [-0.3, -0.25) is 0 Å². The second-order valence-corrected chi connectivity index (χ2v) is 17.1. The zero-order chi connectivity index (χ0) is 31.2. The molecule has 0 heterocycles. The predicted octanol–water partition coefficient (Wildman–Crippen LogP) is 8.32. The van der Waals surface area contributed by atoms with Gasteiger partial charge in [0.05, 0.1) is 14.8 Å². The van der Waals surface area contributed by atoms with Crippen molar-refractivity contribution in [2.45, 2.75) is 86.6 Å². The van der Waals surface area contributed by atoms with E-state index in [9.17, 15) is 16.8 Å². The maximum Gasteiger partial charge on any atom is 0.243 e. The molecule has 2 fully saturated rings. The van der Waals surface area contributed by atoms with Gasteiger partial charge in [0.2, 0.25) is 20.0 Å². The molecular weight excluding hydrogens is 680 g/mol. The largest absolute Gasteiger partial charge is 0.243 e. The Balaban J connectivity index is 1.42. The molecule has 0 bridgehead atoms. The monoisotopic (exact) mass is 718 g/mol. The maximum atomic E-state index is 14.1. The fourth-order valence-corrected chi connectivity index (χ4v) is 10.1. The molecule has 0 spiro atoms. The van der Waals surface area contributed by atoms with Crippen LogP contribution in [0, 0.1) is 5.92 Å². The summed E-state index contributed by atoms with van der Waals surface area (Å²) in [5, 5.41) is 0.598. The van der Waals surface area contributed by atoms with Crippen LogP contribution in [0.5, 0.6) is 0 Å². The molecule has 10 heteroatoms. The Morgan fingerprint density at radius 2 is 1.45 bits per heavy atom. The van der Waals surface area contributed by atoms with Crippen LogP contribution in [-0.4, -0.2) is 44.6 Å². The lowest BCUT2D eigenvalue weighted by Gasteiger charge is -2.30. The van der Waals surface area contributed by atoms with Crippen LogP contribution >= 0.6 is 27.5 Å². The van der Waals surface area contributed by atoms with Crippen LogP contribution in [0.4, 0.5) is 0 Å². The summed E-state index contributed by atoms with van der Waals surface area (Å²) in [6.07, 6.45) is 17.0. The average molecular weight is 720 g/mol. The zero-order valence-electron chi connectivity index (χ0n) is 24.9. The Bertz CT molecular complexity index is 1650. The first-order chi connectivity index (χ1) is 21.1. The van der Waals surface area contributed by atoms with E-state index in [0.29, 0.717) is 23.9 Å². The third-order valence-corrected chi connectivity index (χ3v) is 13.6. The Labute approximate surface area is 276 Å². The van der Waals surface area contributed by atoms with Crippen molar-refractivity contribution in [3.05, 3.63) is 99.2 Å². The summed E-state index contributed by atoms with van der Waals surface area (Å²) < 4.78 is 60.4. The molecule has 0 unspecified atom stereocenters. The van der Waals surface area contributed by atoms with Gasteiger partial charge in [-0.25, -0.2) is 16.8 Å². The standard InChI is InChI=1S/C34H40BrClN2O4S2/c35-34-19-7-4-14-29(34)26-37(24-27-10-2-1-3-11-27)43(39,40)32-20-22-33(23-21-32)44(41,42)38(31-17-5-6-18-31)25-28-12-8-15-30(36)16-9-13-28/h4,7-9,12-14,19-23,27,31H,1-3,5-6,10-11,15,17-18,24-26H2. The van der Waals surface area contributed by atoms with Gasteiger partial charge >= 0.3 is 0 Å². The molecule has 2 saturated carbocycles. The molecule has 0 radical (unpaired) electrons. The summed E-state index contributed by atoms with van der Waals surface area (Å²) >= 11 is 9.68. The minimum absolute atomic E-state index is 0.0990. The molecule has 44 heavy (non-hydrogen) atoms. The van der Waals surface area contributed by atoms with Crippen LogP contribution in [0.3, 0.4) is 0 Å². The highest BCUT2D eigenvalue weighted by molar-refractivity contribution is 9.10. The molecule has 0 atom stereocenters. The van der Waals surface area contributed by atoms with Gasteiger partial charge in [0.15, 0.2) is 0 Å².